The second-order valence-electron chi connectivity index (χ2n) is 9.70. The van der Waals surface area contributed by atoms with Crippen LogP contribution in [-0.4, -0.2) is 56.1 Å². The standard InChI is InChI=1S/C26H36F2N4O2/c1-17(15-33-2)31-18-4-6-19(7-5-18)32-25-13-22(24(28)14-29-25)21-12-20(8-9-23(21)27)30-16-26(34-3)10-11-26/h8-9,12-14,17-19,30-31H,4-7,10-11,15-16H2,1-3H3,(H,29,32)/t17-,18-,19-/m0/s1. The van der Waals surface area contributed by atoms with Gasteiger partial charge in [-0.05, 0) is 69.7 Å². The molecule has 2 fully saturated rings. The Hall–Kier alpha value is -2.29. The van der Waals surface area contributed by atoms with Crippen LogP contribution in [0.3, 0.4) is 0 Å². The number of methoxy groups -OCH3 is 2. The minimum absolute atomic E-state index is 0.135. The van der Waals surface area contributed by atoms with Crippen LogP contribution in [0.1, 0.15) is 45.4 Å². The Bertz CT molecular complexity index is 962. The van der Waals surface area contributed by atoms with Crippen LogP contribution in [0.4, 0.5) is 20.3 Å². The number of hydrogen-bond donors (Lipinski definition) is 3. The highest BCUT2D eigenvalue weighted by Gasteiger charge is 2.42. The van der Waals surface area contributed by atoms with Gasteiger partial charge in [0.25, 0.3) is 0 Å². The lowest BCUT2D eigenvalue weighted by Crippen LogP contribution is -2.42. The number of anilines is 2. The summed E-state index contributed by atoms with van der Waals surface area (Å²) < 4.78 is 40.1. The Labute approximate surface area is 200 Å². The van der Waals surface area contributed by atoms with Crippen LogP contribution in [0.15, 0.2) is 30.5 Å². The van der Waals surface area contributed by atoms with Crippen molar-refractivity contribution in [2.24, 2.45) is 0 Å². The number of ether oxygens (including phenoxy) is 2. The van der Waals surface area contributed by atoms with E-state index in [2.05, 4.69) is 27.9 Å². The van der Waals surface area contributed by atoms with Crippen LogP contribution >= 0.6 is 0 Å². The van der Waals surface area contributed by atoms with Gasteiger partial charge in [-0.1, -0.05) is 0 Å². The molecule has 0 spiro atoms. The maximum Gasteiger partial charge on any atom is 0.149 e. The Morgan fingerprint density at radius 3 is 2.41 bits per heavy atom. The number of pyridine rings is 1. The molecule has 2 aliphatic carbocycles. The molecule has 0 bridgehead atoms. The number of nitrogens with one attached hydrogen (secondary N) is 3. The van der Waals surface area contributed by atoms with Crippen molar-refractivity contribution >= 4 is 11.5 Å². The summed E-state index contributed by atoms with van der Waals surface area (Å²) in [4.78, 5) is 4.22. The van der Waals surface area contributed by atoms with E-state index >= 15 is 0 Å². The zero-order valence-electron chi connectivity index (χ0n) is 20.3. The molecule has 0 radical (unpaired) electrons. The van der Waals surface area contributed by atoms with Gasteiger partial charge in [-0.25, -0.2) is 13.8 Å². The molecule has 0 aliphatic heterocycles. The van der Waals surface area contributed by atoms with Crippen molar-refractivity contribution in [1.29, 1.82) is 0 Å². The van der Waals surface area contributed by atoms with Crippen molar-refractivity contribution in [2.45, 2.75) is 69.2 Å². The molecule has 1 aromatic heterocycles. The summed E-state index contributed by atoms with van der Waals surface area (Å²) in [7, 11) is 3.42. The van der Waals surface area contributed by atoms with E-state index in [1.165, 1.54) is 12.3 Å². The summed E-state index contributed by atoms with van der Waals surface area (Å²) in [6, 6.07) is 7.35. The van der Waals surface area contributed by atoms with E-state index in [0.717, 1.165) is 44.2 Å². The van der Waals surface area contributed by atoms with Gasteiger partial charge in [0.1, 0.15) is 17.5 Å². The predicted octanol–water partition coefficient (Wildman–Crippen LogP) is 4.97. The van der Waals surface area contributed by atoms with Gasteiger partial charge >= 0.3 is 0 Å². The predicted molar refractivity (Wildman–Crippen MR) is 131 cm³/mol. The quantitative estimate of drug-likeness (QED) is 0.428. The molecule has 1 atom stereocenters. The van der Waals surface area contributed by atoms with Crippen molar-refractivity contribution in [3.8, 4) is 11.1 Å². The number of nitrogens with zero attached hydrogens (tertiary/aromatic N) is 1. The second kappa shape index (κ2) is 11.0. The fraction of sp³-hybridized carbons (Fsp3) is 0.577. The number of aromatic nitrogens is 1. The van der Waals surface area contributed by atoms with E-state index in [0.29, 0.717) is 31.1 Å². The largest absolute Gasteiger partial charge is 0.383 e. The average Bonchev–Trinajstić information content (AvgIpc) is 3.62. The van der Waals surface area contributed by atoms with E-state index in [9.17, 15) is 8.78 Å². The van der Waals surface area contributed by atoms with Gasteiger partial charge in [-0.3, -0.25) is 0 Å². The molecular formula is C26H36F2N4O2. The van der Waals surface area contributed by atoms with Crippen LogP contribution in [0.25, 0.3) is 11.1 Å². The van der Waals surface area contributed by atoms with E-state index < -0.39 is 11.6 Å². The maximum atomic E-state index is 14.7. The average molecular weight is 475 g/mol. The lowest BCUT2D eigenvalue weighted by molar-refractivity contribution is 0.0914. The molecule has 2 saturated carbocycles. The number of benzene rings is 1. The van der Waals surface area contributed by atoms with E-state index in [-0.39, 0.29) is 22.8 Å². The molecule has 3 N–H and O–H groups in total. The molecule has 8 heteroatoms. The fourth-order valence-electron chi connectivity index (χ4n) is 4.74. The highest BCUT2D eigenvalue weighted by atomic mass is 19.1. The molecule has 2 aromatic rings. The minimum Gasteiger partial charge on any atom is -0.383 e. The first kappa shape index (κ1) is 24.8. The zero-order valence-corrected chi connectivity index (χ0v) is 20.3. The van der Waals surface area contributed by atoms with Crippen molar-refractivity contribution in [2.75, 3.05) is 38.0 Å². The normalized spacial score (nSPS) is 22.3. The van der Waals surface area contributed by atoms with Gasteiger partial charge in [0.15, 0.2) is 0 Å². The smallest absolute Gasteiger partial charge is 0.149 e. The lowest BCUT2D eigenvalue weighted by atomic mass is 9.90. The minimum atomic E-state index is -0.544. The van der Waals surface area contributed by atoms with Crippen LogP contribution < -0.4 is 16.0 Å². The van der Waals surface area contributed by atoms with Gasteiger partial charge < -0.3 is 25.4 Å². The summed E-state index contributed by atoms with van der Waals surface area (Å²) in [5.74, 6) is -0.446. The topological polar surface area (TPSA) is 67.4 Å². The molecule has 34 heavy (non-hydrogen) atoms. The first-order chi connectivity index (χ1) is 16.4. The molecule has 2 aliphatic rings. The fourth-order valence-corrected chi connectivity index (χ4v) is 4.74. The number of halogens is 2. The zero-order chi connectivity index (χ0) is 24.1. The summed E-state index contributed by atoms with van der Waals surface area (Å²) in [6.45, 7) is 3.46. The first-order valence-corrected chi connectivity index (χ1v) is 12.2. The van der Waals surface area contributed by atoms with Crippen LogP contribution in [0.5, 0.6) is 0 Å². The third-order valence-corrected chi connectivity index (χ3v) is 6.98. The van der Waals surface area contributed by atoms with E-state index in [4.69, 9.17) is 9.47 Å². The van der Waals surface area contributed by atoms with Crippen molar-refractivity contribution in [3.05, 3.63) is 42.1 Å². The maximum absolute atomic E-state index is 14.7. The molecule has 4 rings (SSSR count). The molecule has 6 nitrogen and oxygen atoms in total. The Kier molecular flexibility index (Phi) is 8.01. The van der Waals surface area contributed by atoms with Gasteiger partial charge in [0.05, 0.1) is 18.4 Å². The molecule has 0 saturated heterocycles. The highest BCUT2D eigenvalue weighted by molar-refractivity contribution is 5.71. The van der Waals surface area contributed by atoms with Gasteiger partial charge in [-0.2, -0.15) is 0 Å². The van der Waals surface area contributed by atoms with Crippen molar-refractivity contribution in [3.63, 3.8) is 0 Å². The molecule has 1 heterocycles. The molecule has 186 valence electrons. The van der Waals surface area contributed by atoms with Crippen LogP contribution in [0, 0.1) is 11.6 Å². The third-order valence-electron chi connectivity index (χ3n) is 6.98. The second-order valence-corrected chi connectivity index (χ2v) is 9.70. The summed E-state index contributed by atoms with van der Waals surface area (Å²) in [5.41, 5.74) is 1.02. The van der Waals surface area contributed by atoms with Crippen molar-refractivity contribution in [1.82, 2.24) is 10.3 Å². The molecule has 0 unspecified atom stereocenters. The highest BCUT2D eigenvalue weighted by Crippen LogP contribution is 2.39. The number of hydrogen-bond acceptors (Lipinski definition) is 6. The van der Waals surface area contributed by atoms with Gasteiger partial charge in [-0.15, -0.1) is 0 Å². The molecule has 0 amide bonds. The Morgan fingerprint density at radius 2 is 1.74 bits per heavy atom. The van der Waals surface area contributed by atoms with Gasteiger partial charge in [0.2, 0.25) is 0 Å². The van der Waals surface area contributed by atoms with E-state index in [1.807, 2.05) is 0 Å². The van der Waals surface area contributed by atoms with Crippen molar-refractivity contribution < 1.29 is 18.3 Å². The molecule has 1 aromatic carbocycles. The van der Waals surface area contributed by atoms with Crippen LogP contribution in [-0.2, 0) is 9.47 Å². The van der Waals surface area contributed by atoms with E-state index in [1.54, 1.807) is 32.4 Å². The third kappa shape index (κ3) is 6.23. The Balaban J connectivity index is 1.40. The van der Waals surface area contributed by atoms with Crippen LogP contribution in [0.2, 0.25) is 0 Å². The number of rotatable bonds is 11. The Morgan fingerprint density at radius 1 is 1.03 bits per heavy atom. The first-order valence-electron chi connectivity index (χ1n) is 12.2. The summed E-state index contributed by atoms with van der Waals surface area (Å²) >= 11 is 0. The monoisotopic (exact) mass is 474 g/mol. The lowest BCUT2D eigenvalue weighted by Gasteiger charge is -2.31. The SMILES string of the molecule is COC[C@H](C)N[C@H]1CC[C@H](Nc2cc(-c3cc(NCC4(OC)CC4)ccc3F)c(F)cn2)CC1. The van der Waals surface area contributed by atoms with Gasteiger partial charge in [0, 0.05) is 55.7 Å². The molecular weight excluding hydrogens is 438 g/mol. The summed E-state index contributed by atoms with van der Waals surface area (Å²) in [5, 5.41) is 10.3. The summed E-state index contributed by atoms with van der Waals surface area (Å²) in [6.07, 6.45) is 7.24.